The highest BCUT2D eigenvalue weighted by Gasteiger charge is 2.23. The minimum absolute atomic E-state index is 0.287. The van der Waals surface area contributed by atoms with Crippen LogP contribution in [0, 0.1) is 5.92 Å². The number of carbonyl (C=O) groups excluding carboxylic acids is 1. The fraction of sp³-hybridized carbons (Fsp3) is 0.500. The van der Waals surface area contributed by atoms with Gasteiger partial charge in [0.05, 0.1) is 6.10 Å². The molecule has 1 saturated carbocycles. The molecule has 86 valence electrons. The normalized spacial score (nSPS) is 24.4. The molecule has 2 rings (SSSR count). The number of pyridine rings is 1. The van der Waals surface area contributed by atoms with Gasteiger partial charge in [-0.2, -0.15) is 0 Å². The van der Waals surface area contributed by atoms with Crippen molar-refractivity contribution < 1.29 is 9.53 Å². The predicted octanol–water partition coefficient (Wildman–Crippen LogP) is 3.22. The summed E-state index contributed by atoms with van der Waals surface area (Å²) in [4.78, 5) is 14.6. The second kappa shape index (κ2) is 4.95. The molecule has 1 aromatic heterocycles. The van der Waals surface area contributed by atoms with Crippen molar-refractivity contribution in [2.45, 2.75) is 32.3 Å². The largest absolute Gasteiger partial charge is 0.488 e. The van der Waals surface area contributed by atoms with Crippen LogP contribution >= 0.6 is 15.9 Å². The van der Waals surface area contributed by atoms with Crippen LogP contribution in [0.3, 0.4) is 0 Å². The maximum Gasteiger partial charge on any atom is 0.168 e. The Hall–Kier alpha value is -0.900. The molecule has 0 unspecified atom stereocenters. The molecule has 16 heavy (non-hydrogen) atoms. The van der Waals surface area contributed by atoms with E-state index >= 15 is 0 Å². The van der Waals surface area contributed by atoms with Crippen LogP contribution in [0.5, 0.6) is 5.75 Å². The number of hydrogen-bond acceptors (Lipinski definition) is 3. The maximum absolute atomic E-state index is 10.5. The Morgan fingerprint density at radius 1 is 1.50 bits per heavy atom. The highest BCUT2D eigenvalue weighted by Crippen LogP contribution is 2.31. The number of ether oxygens (including phenoxy) is 1. The number of hydrogen-bond donors (Lipinski definition) is 0. The van der Waals surface area contributed by atoms with Crippen LogP contribution in [0.4, 0.5) is 0 Å². The molecular formula is C12H14BrNO2. The molecular weight excluding hydrogens is 270 g/mol. The summed E-state index contributed by atoms with van der Waals surface area (Å²) in [5.41, 5.74) is 0.416. The number of rotatable bonds is 3. The van der Waals surface area contributed by atoms with Gasteiger partial charge in [0.15, 0.2) is 12.0 Å². The van der Waals surface area contributed by atoms with Crippen molar-refractivity contribution >= 4 is 22.2 Å². The smallest absolute Gasteiger partial charge is 0.168 e. The summed E-state index contributed by atoms with van der Waals surface area (Å²) in [5, 5.41) is 0. The molecule has 1 aromatic rings. The molecule has 0 spiro atoms. The standard InChI is InChI=1S/C12H14BrNO2/c1-8-2-4-10(6-8)16-11-5-3-9(7-15)14-12(11)13/h3,5,7-8,10H,2,4,6H2,1H3/t8-,10+/m0/s1. The lowest BCUT2D eigenvalue weighted by Gasteiger charge is -2.14. The third-order valence-electron chi connectivity index (χ3n) is 2.90. The Labute approximate surface area is 103 Å². The average Bonchev–Trinajstić information content (AvgIpc) is 2.67. The molecule has 1 fully saturated rings. The monoisotopic (exact) mass is 283 g/mol. The van der Waals surface area contributed by atoms with Crippen LogP contribution in [0.25, 0.3) is 0 Å². The van der Waals surface area contributed by atoms with E-state index in [1.54, 1.807) is 12.1 Å². The van der Waals surface area contributed by atoms with Gasteiger partial charge >= 0.3 is 0 Å². The van der Waals surface area contributed by atoms with E-state index in [-0.39, 0.29) is 6.10 Å². The quantitative estimate of drug-likeness (QED) is 0.632. The number of nitrogens with zero attached hydrogens (tertiary/aromatic N) is 1. The third kappa shape index (κ3) is 2.61. The molecule has 0 aliphatic heterocycles. The van der Waals surface area contributed by atoms with E-state index < -0.39 is 0 Å². The van der Waals surface area contributed by atoms with Gasteiger partial charge in [0.2, 0.25) is 0 Å². The summed E-state index contributed by atoms with van der Waals surface area (Å²) in [7, 11) is 0. The Balaban J connectivity index is 2.07. The van der Waals surface area contributed by atoms with E-state index in [1.165, 1.54) is 6.42 Å². The van der Waals surface area contributed by atoms with Gasteiger partial charge in [-0.3, -0.25) is 4.79 Å². The lowest BCUT2D eigenvalue weighted by atomic mass is 10.1. The molecule has 4 heteroatoms. The van der Waals surface area contributed by atoms with Gasteiger partial charge in [0, 0.05) is 0 Å². The van der Waals surface area contributed by atoms with Crippen LogP contribution in [-0.2, 0) is 0 Å². The van der Waals surface area contributed by atoms with Crippen LogP contribution < -0.4 is 4.74 Å². The van der Waals surface area contributed by atoms with Gasteiger partial charge in [-0.15, -0.1) is 0 Å². The van der Waals surface area contributed by atoms with Crippen LogP contribution in [0.1, 0.15) is 36.7 Å². The zero-order valence-electron chi connectivity index (χ0n) is 9.15. The predicted molar refractivity (Wildman–Crippen MR) is 64.8 cm³/mol. The van der Waals surface area contributed by atoms with E-state index in [9.17, 15) is 4.79 Å². The highest BCUT2D eigenvalue weighted by molar-refractivity contribution is 9.10. The zero-order valence-corrected chi connectivity index (χ0v) is 10.7. The molecule has 0 saturated heterocycles. The average molecular weight is 284 g/mol. The molecule has 1 heterocycles. The van der Waals surface area contributed by atoms with E-state index in [2.05, 4.69) is 27.8 Å². The SMILES string of the molecule is C[C@H]1CC[C@@H](Oc2ccc(C=O)nc2Br)C1. The second-order valence-electron chi connectivity index (χ2n) is 4.30. The van der Waals surface area contributed by atoms with Gasteiger partial charge < -0.3 is 4.74 Å². The number of carbonyl (C=O) groups is 1. The minimum Gasteiger partial charge on any atom is -0.488 e. The first-order chi connectivity index (χ1) is 7.69. The number of aromatic nitrogens is 1. The molecule has 0 aromatic carbocycles. The zero-order chi connectivity index (χ0) is 11.5. The Bertz CT molecular complexity index is 395. The molecule has 1 aliphatic carbocycles. The fourth-order valence-electron chi connectivity index (χ4n) is 2.03. The maximum atomic E-state index is 10.5. The molecule has 3 nitrogen and oxygen atoms in total. The van der Waals surface area contributed by atoms with Crippen molar-refractivity contribution in [3.8, 4) is 5.75 Å². The lowest BCUT2D eigenvalue weighted by molar-refractivity contribution is 0.111. The Kier molecular flexibility index (Phi) is 3.59. The summed E-state index contributed by atoms with van der Waals surface area (Å²) >= 11 is 3.32. The van der Waals surface area contributed by atoms with Crippen LogP contribution in [0.2, 0.25) is 0 Å². The van der Waals surface area contributed by atoms with Gasteiger partial charge in [-0.25, -0.2) is 4.98 Å². The van der Waals surface area contributed by atoms with E-state index in [1.807, 2.05) is 0 Å². The van der Waals surface area contributed by atoms with E-state index in [0.29, 0.717) is 10.3 Å². The minimum atomic E-state index is 0.287. The molecule has 1 aliphatic rings. The van der Waals surface area contributed by atoms with Crippen molar-refractivity contribution in [2.24, 2.45) is 5.92 Å². The summed E-state index contributed by atoms with van der Waals surface area (Å²) < 4.78 is 6.46. The van der Waals surface area contributed by atoms with Crippen molar-refractivity contribution in [2.75, 3.05) is 0 Å². The summed E-state index contributed by atoms with van der Waals surface area (Å²) in [5.74, 6) is 1.47. The first-order valence-electron chi connectivity index (χ1n) is 5.47. The van der Waals surface area contributed by atoms with Crippen molar-refractivity contribution in [3.63, 3.8) is 0 Å². The van der Waals surface area contributed by atoms with Gasteiger partial charge in [0.25, 0.3) is 0 Å². The second-order valence-corrected chi connectivity index (χ2v) is 5.05. The van der Waals surface area contributed by atoms with E-state index in [4.69, 9.17) is 4.74 Å². The van der Waals surface area contributed by atoms with Gasteiger partial charge in [-0.05, 0) is 53.2 Å². The molecule has 0 N–H and O–H groups in total. The molecule has 2 atom stereocenters. The number of aldehydes is 1. The van der Waals surface area contributed by atoms with Gasteiger partial charge in [-0.1, -0.05) is 6.92 Å². The molecule has 0 amide bonds. The highest BCUT2D eigenvalue weighted by atomic mass is 79.9. The first-order valence-corrected chi connectivity index (χ1v) is 6.26. The Morgan fingerprint density at radius 3 is 2.88 bits per heavy atom. The third-order valence-corrected chi connectivity index (χ3v) is 3.47. The van der Waals surface area contributed by atoms with E-state index in [0.717, 1.165) is 30.8 Å². The number of halogens is 1. The molecule has 0 radical (unpaired) electrons. The summed E-state index contributed by atoms with van der Waals surface area (Å²) in [6.45, 7) is 2.24. The topological polar surface area (TPSA) is 39.2 Å². The van der Waals surface area contributed by atoms with Gasteiger partial charge in [0.1, 0.15) is 10.3 Å². The van der Waals surface area contributed by atoms with Crippen LogP contribution in [0.15, 0.2) is 16.7 Å². The fourth-order valence-corrected chi connectivity index (χ4v) is 2.46. The Morgan fingerprint density at radius 2 is 2.31 bits per heavy atom. The summed E-state index contributed by atoms with van der Waals surface area (Å²) in [6.07, 6.45) is 4.44. The van der Waals surface area contributed by atoms with Crippen molar-refractivity contribution in [1.82, 2.24) is 4.98 Å². The van der Waals surface area contributed by atoms with Crippen molar-refractivity contribution in [3.05, 3.63) is 22.4 Å². The first kappa shape index (κ1) is 11.6. The lowest BCUT2D eigenvalue weighted by Crippen LogP contribution is -2.12. The summed E-state index contributed by atoms with van der Waals surface area (Å²) in [6, 6.07) is 3.47. The van der Waals surface area contributed by atoms with Crippen molar-refractivity contribution in [1.29, 1.82) is 0 Å². The van der Waals surface area contributed by atoms with Crippen LogP contribution in [-0.4, -0.2) is 17.4 Å². The molecule has 0 bridgehead atoms.